The predicted molar refractivity (Wildman–Crippen MR) is 78.5 cm³/mol. The monoisotopic (exact) mass is 265 g/mol. The lowest BCUT2D eigenvalue weighted by Crippen LogP contribution is -2.32. The highest BCUT2D eigenvalue weighted by atomic mass is 16.5. The summed E-state index contributed by atoms with van der Waals surface area (Å²) in [5.74, 6) is 0.644. The number of hydrogen-bond donors (Lipinski definition) is 1. The third-order valence-corrected chi connectivity index (χ3v) is 2.89. The Balaban J connectivity index is 2.56. The minimum Gasteiger partial charge on any atom is -0.477 e. The molecule has 0 aliphatic heterocycles. The maximum Gasteiger partial charge on any atom is 0.232 e. The molecule has 4 nitrogen and oxygen atoms in total. The van der Waals surface area contributed by atoms with Crippen molar-refractivity contribution in [3.8, 4) is 5.88 Å². The smallest absolute Gasteiger partial charge is 0.232 e. The van der Waals surface area contributed by atoms with E-state index in [1.807, 2.05) is 6.20 Å². The van der Waals surface area contributed by atoms with E-state index in [1.54, 1.807) is 6.20 Å². The molecule has 0 bridgehead atoms. The molecule has 1 heterocycles. The van der Waals surface area contributed by atoms with Crippen LogP contribution in [0.15, 0.2) is 12.4 Å². The summed E-state index contributed by atoms with van der Waals surface area (Å²) in [6, 6.07) is 0.487. The van der Waals surface area contributed by atoms with Gasteiger partial charge in [-0.15, -0.1) is 0 Å². The largest absolute Gasteiger partial charge is 0.477 e. The van der Waals surface area contributed by atoms with Crippen LogP contribution in [0.5, 0.6) is 5.88 Å². The van der Waals surface area contributed by atoms with Gasteiger partial charge in [0.15, 0.2) is 0 Å². The summed E-state index contributed by atoms with van der Waals surface area (Å²) in [4.78, 5) is 8.73. The molecule has 0 aliphatic rings. The van der Waals surface area contributed by atoms with Gasteiger partial charge in [0.1, 0.15) is 0 Å². The van der Waals surface area contributed by atoms with Crippen LogP contribution in [0.25, 0.3) is 0 Å². The van der Waals surface area contributed by atoms with E-state index in [0.717, 1.165) is 31.5 Å². The van der Waals surface area contributed by atoms with Crippen LogP contribution >= 0.6 is 0 Å². The van der Waals surface area contributed by atoms with Crippen LogP contribution in [0, 0.1) is 0 Å². The molecule has 19 heavy (non-hydrogen) atoms. The van der Waals surface area contributed by atoms with Crippen molar-refractivity contribution in [1.82, 2.24) is 15.3 Å². The van der Waals surface area contributed by atoms with E-state index in [4.69, 9.17) is 4.74 Å². The van der Waals surface area contributed by atoms with E-state index < -0.39 is 0 Å². The molecular formula is C15H27N3O. The number of rotatable bonds is 10. The second-order valence-corrected chi connectivity index (χ2v) is 4.84. The molecule has 1 atom stereocenters. The quantitative estimate of drug-likeness (QED) is 0.706. The first-order chi connectivity index (χ1) is 9.30. The van der Waals surface area contributed by atoms with Crippen LogP contribution in [0.1, 0.15) is 52.1 Å². The van der Waals surface area contributed by atoms with Crippen molar-refractivity contribution in [2.45, 2.75) is 58.9 Å². The zero-order valence-corrected chi connectivity index (χ0v) is 12.5. The van der Waals surface area contributed by atoms with Gasteiger partial charge in [-0.25, -0.2) is 4.98 Å². The molecule has 0 aliphatic carbocycles. The molecule has 0 aromatic carbocycles. The predicted octanol–water partition coefficient (Wildman–Crippen LogP) is 2.98. The van der Waals surface area contributed by atoms with Gasteiger partial charge < -0.3 is 10.1 Å². The minimum absolute atomic E-state index is 0.487. The van der Waals surface area contributed by atoms with E-state index in [1.165, 1.54) is 12.8 Å². The van der Waals surface area contributed by atoms with Gasteiger partial charge >= 0.3 is 0 Å². The van der Waals surface area contributed by atoms with E-state index in [0.29, 0.717) is 18.5 Å². The van der Waals surface area contributed by atoms with E-state index in [2.05, 4.69) is 36.1 Å². The third-order valence-electron chi connectivity index (χ3n) is 2.89. The lowest BCUT2D eigenvalue weighted by Gasteiger charge is -2.17. The Bertz CT molecular complexity index is 344. The number of nitrogens with one attached hydrogen (secondary N) is 1. The van der Waals surface area contributed by atoms with Crippen molar-refractivity contribution in [2.24, 2.45) is 0 Å². The zero-order chi connectivity index (χ0) is 13.9. The zero-order valence-electron chi connectivity index (χ0n) is 12.5. The van der Waals surface area contributed by atoms with Crippen LogP contribution in [0.2, 0.25) is 0 Å². The first kappa shape index (κ1) is 15.9. The lowest BCUT2D eigenvalue weighted by molar-refractivity contribution is 0.302. The van der Waals surface area contributed by atoms with Crippen molar-refractivity contribution >= 4 is 0 Å². The Labute approximate surface area is 117 Å². The molecule has 0 fully saturated rings. The molecule has 1 aromatic heterocycles. The van der Waals surface area contributed by atoms with E-state index in [9.17, 15) is 0 Å². The second-order valence-electron chi connectivity index (χ2n) is 4.84. The molecule has 0 radical (unpaired) electrons. The fraction of sp³-hybridized carbons (Fsp3) is 0.733. The highest BCUT2D eigenvalue weighted by Gasteiger charge is 2.09. The molecule has 0 spiro atoms. The average Bonchev–Trinajstić information content (AvgIpc) is 2.43. The fourth-order valence-electron chi connectivity index (χ4n) is 1.99. The molecule has 0 amide bonds. The highest BCUT2D eigenvalue weighted by molar-refractivity contribution is 5.09. The normalized spacial score (nSPS) is 12.4. The van der Waals surface area contributed by atoms with Crippen molar-refractivity contribution in [3.05, 3.63) is 18.1 Å². The summed E-state index contributed by atoms with van der Waals surface area (Å²) in [6.45, 7) is 8.25. The fourth-order valence-corrected chi connectivity index (χ4v) is 1.99. The maximum atomic E-state index is 5.52. The van der Waals surface area contributed by atoms with Crippen LogP contribution in [0.3, 0.4) is 0 Å². The summed E-state index contributed by atoms with van der Waals surface area (Å²) in [6.07, 6.45) is 8.95. The Kier molecular flexibility index (Phi) is 8.14. The SMILES string of the molecule is CCCNC(CCC)Cc1cncc(OCCC)n1. The Morgan fingerprint density at radius 2 is 2.00 bits per heavy atom. The Hall–Kier alpha value is -1.16. The van der Waals surface area contributed by atoms with Gasteiger partial charge in [0, 0.05) is 18.7 Å². The second kappa shape index (κ2) is 9.73. The maximum absolute atomic E-state index is 5.52. The lowest BCUT2D eigenvalue weighted by atomic mass is 10.1. The van der Waals surface area contributed by atoms with Gasteiger partial charge in [-0.05, 0) is 25.8 Å². The number of ether oxygens (including phenoxy) is 1. The van der Waals surface area contributed by atoms with Crippen LogP contribution in [-0.4, -0.2) is 29.2 Å². The number of hydrogen-bond acceptors (Lipinski definition) is 4. The van der Waals surface area contributed by atoms with Crippen LogP contribution in [-0.2, 0) is 6.42 Å². The number of aromatic nitrogens is 2. The third kappa shape index (κ3) is 6.53. The van der Waals surface area contributed by atoms with Crippen molar-refractivity contribution < 1.29 is 4.74 Å². The van der Waals surface area contributed by atoms with Crippen LogP contribution < -0.4 is 10.1 Å². The minimum atomic E-state index is 0.487. The average molecular weight is 265 g/mol. The number of nitrogens with zero attached hydrogens (tertiary/aromatic N) is 2. The summed E-state index contributed by atoms with van der Waals surface area (Å²) in [7, 11) is 0. The topological polar surface area (TPSA) is 47.0 Å². The van der Waals surface area contributed by atoms with Gasteiger partial charge in [0.25, 0.3) is 0 Å². The van der Waals surface area contributed by atoms with Gasteiger partial charge in [-0.1, -0.05) is 27.2 Å². The highest BCUT2D eigenvalue weighted by Crippen LogP contribution is 2.09. The van der Waals surface area contributed by atoms with E-state index in [-0.39, 0.29) is 0 Å². The van der Waals surface area contributed by atoms with Crippen molar-refractivity contribution in [1.29, 1.82) is 0 Å². The summed E-state index contributed by atoms with van der Waals surface area (Å²) < 4.78 is 5.52. The summed E-state index contributed by atoms with van der Waals surface area (Å²) >= 11 is 0. The van der Waals surface area contributed by atoms with Gasteiger partial charge in [0.2, 0.25) is 5.88 Å². The first-order valence-corrected chi connectivity index (χ1v) is 7.47. The van der Waals surface area contributed by atoms with Crippen molar-refractivity contribution in [3.63, 3.8) is 0 Å². The first-order valence-electron chi connectivity index (χ1n) is 7.47. The molecule has 0 saturated carbocycles. The molecule has 1 N–H and O–H groups in total. The van der Waals surface area contributed by atoms with Gasteiger partial charge in [-0.3, -0.25) is 4.98 Å². The molecule has 1 rings (SSSR count). The molecule has 1 unspecified atom stereocenters. The van der Waals surface area contributed by atoms with E-state index >= 15 is 0 Å². The molecule has 0 saturated heterocycles. The van der Waals surface area contributed by atoms with Gasteiger partial charge in [0.05, 0.1) is 18.5 Å². The summed E-state index contributed by atoms with van der Waals surface area (Å²) in [5, 5.41) is 3.57. The molecule has 1 aromatic rings. The van der Waals surface area contributed by atoms with Crippen LogP contribution in [0.4, 0.5) is 0 Å². The molecular weight excluding hydrogens is 238 g/mol. The Morgan fingerprint density at radius 3 is 2.68 bits per heavy atom. The summed E-state index contributed by atoms with van der Waals surface area (Å²) in [5.41, 5.74) is 1.01. The standard InChI is InChI=1S/C15H27N3O/c1-4-7-13(17-8-5-2)10-14-11-16-12-15(18-14)19-9-6-3/h11-13,17H,4-10H2,1-3H3. The molecule has 108 valence electrons. The van der Waals surface area contributed by atoms with Gasteiger partial charge in [-0.2, -0.15) is 0 Å². The molecule has 4 heteroatoms. The Morgan fingerprint density at radius 1 is 1.16 bits per heavy atom. The van der Waals surface area contributed by atoms with Crippen molar-refractivity contribution in [2.75, 3.05) is 13.2 Å².